The van der Waals surface area contributed by atoms with Gasteiger partial charge in [0.25, 0.3) is 0 Å². The van der Waals surface area contributed by atoms with Crippen LogP contribution in [-0.2, 0) is 17.6 Å². The third kappa shape index (κ3) is 2.76. The molecule has 0 spiro atoms. The number of amides is 1. The van der Waals surface area contributed by atoms with Crippen LogP contribution in [0.25, 0.3) is 5.65 Å². The first-order valence-corrected chi connectivity index (χ1v) is 7.81. The third-order valence-corrected chi connectivity index (χ3v) is 4.19. The fourth-order valence-corrected chi connectivity index (χ4v) is 3.27. The molecule has 0 radical (unpaired) electrons. The maximum atomic E-state index is 8.58. The predicted molar refractivity (Wildman–Crippen MR) is 85.0 cm³/mol. The lowest BCUT2D eigenvalue weighted by atomic mass is 10.1. The molecule has 0 aliphatic carbocycles. The Kier molecular flexibility index (Phi) is 4.53. The van der Waals surface area contributed by atoms with Crippen molar-refractivity contribution in [3.05, 3.63) is 23.5 Å². The molecule has 1 saturated heterocycles. The molecule has 2 aliphatic heterocycles. The number of hydrogen-bond donors (Lipinski definition) is 2. The highest BCUT2D eigenvalue weighted by atomic mass is 16.1. The van der Waals surface area contributed by atoms with Crippen molar-refractivity contribution in [2.45, 2.75) is 25.7 Å². The van der Waals surface area contributed by atoms with Crippen molar-refractivity contribution in [1.29, 1.82) is 0 Å². The molecule has 3 N–H and O–H groups in total. The van der Waals surface area contributed by atoms with Gasteiger partial charge in [-0.3, -0.25) is 4.79 Å². The maximum Gasteiger partial charge on any atom is 0.204 e. The van der Waals surface area contributed by atoms with E-state index in [0.717, 1.165) is 44.7 Å². The lowest BCUT2D eigenvalue weighted by Gasteiger charge is -2.23. The Labute approximate surface area is 129 Å². The Morgan fingerprint density at radius 3 is 2.73 bits per heavy atom. The van der Waals surface area contributed by atoms with E-state index in [2.05, 4.69) is 21.0 Å². The minimum absolute atomic E-state index is 0.250. The summed E-state index contributed by atoms with van der Waals surface area (Å²) in [6, 6.07) is 2.01. The van der Waals surface area contributed by atoms with E-state index in [1.54, 1.807) is 0 Å². The summed E-state index contributed by atoms with van der Waals surface area (Å²) in [5.41, 5.74) is 7.82. The van der Waals surface area contributed by atoms with Crippen molar-refractivity contribution in [1.82, 2.24) is 19.9 Å². The average molecular weight is 302 g/mol. The molecule has 4 heterocycles. The first kappa shape index (κ1) is 14.8. The Hall–Kier alpha value is -2.15. The highest BCUT2D eigenvalue weighted by molar-refractivity contribution is 5.58. The monoisotopic (exact) mass is 302 g/mol. The van der Waals surface area contributed by atoms with Gasteiger partial charge in [-0.15, -0.1) is 0 Å². The van der Waals surface area contributed by atoms with Gasteiger partial charge in [-0.05, 0) is 25.8 Å². The van der Waals surface area contributed by atoms with Crippen molar-refractivity contribution >= 4 is 17.9 Å². The molecular formula is C15H22N6O. The summed E-state index contributed by atoms with van der Waals surface area (Å²) in [5.74, 6) is 1.30. The Bertz CT molecular complexity index is 647. The molecule has 7 nitrogen and oxygen atoms in total. The second kappa shape index (κ2) is 6.74. The molecule has 118 valence electrons. The van der Waals surface area contributed by atoms with Crippen LogP contribution in [0.15, 0.2) is 12.3 Å². The van der Waals surface area contributed by atoms with Gasteiger partial charge in [-0.2, -0.15) is 9.61 Å². The van der Waals surface area contributed by atoms with Crippen LogP contribution in [0.5, 0.6) is 0 Å². The van der Waals surface area contributed by atoms with E-state index in [1.165, 1.54) is 29.9 Å². The van der Waals surface area contributed by atoms with Gasteiger partial charge in [0.15, 0.2) is 5.65 Å². The first-order chi connectivity index (χ1) is 10.8. The molecular weight excluding hydrogens is 280 g/mol. The molecule has 2 aliphatic rings. The van der Waals surface area contributed by atoms with Gasteiger partial charge in [0.2, 0.25) is 6.41 Å². The summed E-state index contributed by atoms with van der Waals surface area (Å²) in [5, 5.41) is 7.96. The third-order valence-electron chi connectivity index (χ3n) is 4.19. The standard InChI is InChI=1S/C14H19N5.CH3NO/c1-2-10-18(9-1)14-11-3-6-15-7-4-12(11)17-13-5-8-16-19(13)14;2-1-3/h5,8,15H,1-4,6-7,9-10H2;1H,(H2,2,3). The summed E-state index contributed by atoms with van der Waals surface area (Å²) < 4.78 is 2.04. The predicted octanol–water partition coefficient (Wildman–Crippen LogP) is 0.119. The summed E-state index contributed by atoms with van der Waals surface area (Å²) in [6.45, 7) is 4.38. The number of fused-ring (bicyclic) bond motifs is 2. The van der Waals surface area contributed by atoms with Crippen molar-refractivity contribution < 1.29 is 4.79 Å². The summed E-state index contributed by atoms with van der Waals surface area (Å²) in [7, 11) is 0. The number of hydrogen-bond acceptors (Lipinski definition) is 5. The van der Waals surface area contributed by atoms with Gasteiger partial charge in [-0.1, -0.05) is 0 Å². The van der Waals surface area contributed by atoms with Crippen molar-refractivity contribution in [3.63, 3.8) is 0 Å². The number of aromatic nitrogens is 3. The fourth-order valence-electron chi connectivity index (χ4n) is 3.27. The van der Waals surface area contributed by atoms with Crippen LogP contribution in [0.3, 0.4) is 0 Å². The summed E-state index contributed by atoms with van der Waals surface area (Å²) >= 11 is 0. The van der Waals surface area contributed by atoms with Crippen LogP contribution in [-0.4, -0.2) is 47.2 Å². The Morgan fingerprint density at radius 2 is 1.95 bits per heavy atom. The van der Waals surface area contributed by atoms with Crippen molar-refractivity contribution in [2.24, 2.45) is 5.73 Å². The molecule has 1 fully saturated rings. The van der Waals surface area contributed by atoms with Crippen LogP contribution in [0.4, 0.5) is 5.82 Å². The molecule has 0 atom stereocenters. The highest BCUT2D eigenvalue weighted by Gasteiger charge is 2.23. The van der Waals surface area contributed by atoms with E-state index in [1.807, 2.05) is 16.8 Å². The average Bonchev–Trinajstić information content (AvgIpc) is 3.13. The molecule has 4 rings (SSSR count). The number of primary amides is 1. The van der Waals surface area contributed by atoms with Gasteiger partial charge in [0.05, 0.1) is 11.9 Å². The van der Waals surface area contributed by atoms with Gasteiger partial charge < -0.3 is 16.0 Å². The smallest absolute Gasteiger partial charge is 0.204 e. The topological polar surface area (TPSA) is 88.6 Å². The quantitative estimate of drug-likeness (QED) is 0.731. The van der Waals surface area contributed by atoms with E-state index in [0.29, 0.717) is 0 Å². The summed E-state index contributed by atoms with van der Waals surface area (Å²) in [6.07, 6.45) is 6.78. The zero-order valence-electron chi connectivity index (χ0n) is 12.7. The molecule has 0 bridgehead atoms. The number of carbonyl (C=O) groups is 1. The van der Waals surface area contributed by atoms with E-state index in [4.69, 9.17) is 9.78 Å². The van der Waals surface area contributed by atoms with Gasteiger partial charge >= 0.3 is 0 Å². The lowest BCUT2D eigenvalue weighted by molar-refractivity contribution is -0.106. The van der Waals surface area contributed by atoms with Crippen LogP contribution in [0.2, 0.25) is 0 Å². The summed E-state index contributed by atoms with van der Waals surface area (Å²) in [4.78, 5) is 15.9. The Balaban J connectivity index is 0.000000446. The van der Waals surface area contributed by atoms with E-state index < -0.39 is 0 Å². The zero-order chi connectivity index (χ0) is 15.4. The van der Waals surface area contributed by atoms with Crippen molar-refractivity contribution in [2.75, 3.05) is 31.1 Å². The molecule has 22 heavy (non-hydrogen) atoms. The van der Waals surface area contributed by atoms with Gasteiger partial charge in [0.1, 0.15) is 5.82 Å². The number of carbonyl (C=O) groups excluding carboxylic acids is 1. The lowest BCUT2D eigenvalue weighted by Crippen LogP contribution is -2.24. The Morgan fingerprint density at radius 1 is 1.23 bits per heavy atom. The first-order valence-electron chi connectivity index (χ1n) is 7.81. The number of nitrogens with zero attached hydrogens (tertiary/aromatic N) is 4. The number of nitrogens with two attached hydrogens (primary N) is 1. The largest absolute Gasteiger partial charge is 0.372 e. The van der Waals surface area contributed by atoms with E-state index in [-0.39, 0.29) is 6.41 Å². The molecule has 0 unspecified atom stereocenters. The normalized spacial score (nSPS) is 17.5. The molecule has 2 aromatic rings. The second-order valence-electron chi connectivity index (χ2n) is 5.54. The molecule has 1 amide bonds. The minimum Gasteiger partial charge on any atom is -0.372 e. The molecule has 0 aromatic carbocycles. The van der Waals surface area contributed by atoms with Crippen molar-refractivity contribution in [3.8, 4) is 0 Å². The van der Waals surface area contributed by atoms with Gasteiger partial charge in [-0.25, -0.2) is 4.98 Å². The molecule has 0 saturated carbocycles. The zero-order valence-corrected chi connectivity index (χ0v) is 12.7. The fraction of sp³-hybridized carbons (Fsp3) is 0.533. The SMILES string of the molecule is NC=O.c1cc2nc3c(c(N4CCCC4)n2n1)CCNCC3. The van der Waals surface area contributed by atoms with Crippen LogP contribution >= 0.6 is 0 Å². The maximum absolute atomic E-state index is 8.58. The van der Waals surface area contributed by atoms with Gasteiger partial charge in [0, 0.05) is 37.7 Å². The second-order valence-corrected chi connectivity index (χ2v) is 5.54. The van der Waals surface area contributed by atoms with Crippen LogP contribution in [0, 0.1) is 0 Å². The molecule has 2 aromatic heterocycles. The molecule has 7 heteroatoms. The number of rotatable bonds is 1. The van der Waals surface area contributed by atoms with E-state index in [9.17, 15) is 0 Å². The highest BCUT2D eigenvalue weighted by Crippen LogP contribution is 2.28. The minimum atomic E-state index is 0.250. The number of anilines is 1. The number of nitrogens with one attached hydrogen (secondary N) is 1. The van der Waals surface area contributed by atoms with Crippen LogP contribution < -0.4 is 16.0 Å². The van der Waals surface area contributed by atoms with E-state index >= 15 is 0 Å². The van der Waals surface area contributed by atoms with Crippen LogP contribution in [0.1, 0.15) is 24.1 Å².